The van der Waals surface area contributed by atoms with Crippen molar-refractivity contribution < 1.29 is 32.7 Å². The highest BCUT2D eigenvalue weighted by atomic mass is 35.5. The molecule has 266 valence electrons. The summed E-state index contributed by atoms with van der Waals surface area (Å²) in [5, 5.41) is 19.2. The Balaban J connectivity index is 1.02. The number of hydrogen-bond acceptors (Lipinski definition) is 7. The van der Waals surface area contributed by atoms with Gasteiger partial charge in [-0.05, 0) is 62.2 Å². The van der Waals surface area contributed by atoms with Crippen molar-refractivity contribution in [2.45, 2.75) is 81.5 Å². The predicted octanol–water partition coefficient (Wildman–Crippen LogP) is 4.64. The van der Waals surface area contributed by atoms with E-state index in [2.05, 4.69) is 27.5 Å². The minimum Gasteiger partial charge on any atom is -0.506 e. The number of carbonyl (C=O) groups excluding carboxylic acids is 3. The third-order valence-corrected chi connectivity index (χ3v) is 12.1. The van der Waals surface area contributed by atoms with E-state index in [1.54, 1.807) is 14.7 Å². The number of phenolic OH excluding ortho intramolecular Hbond substituents is 1. The molecule has 1 aromatic heterocycles. The van der Waals surface area contributed by atoms with E-state index in [4.69, 9.17) is 11.6 Å². The van der Waals surface area contributed by atoms with Crippen molar-refractivity contribution in [3.05, 3.63) is 44.6 Å². The molecule has 0 spiro atoms. The van der Waals surface area contributed by atoms with Crippen LogP contribution in [-0.2, 0) is 23.9 Å². The zero-order chi connectivity index (χ0) is 34.6. The van der Waals surface area contributed by atoms with Gasteiger partial charge in [0.25, 0.3) is 0 Å². The molecule has 0 radical (unpaired) electrons. The fourth-order valence-electron chi connectivity index (χ4n) is 8.32. The first kappa shape index (κ1) is 34.2. The summed E-state index contributed by atoms with van der Waals surface area (Å²) >= 11 is 7.54. The van der Waals surface area contributed by atoms with Gasteiger partial charge in [-0.15, -0.1) is 11.3 Å². The van der Waals surface area contributed by atoms with Gasteiger partial charge in [-0.2, -0.15) is 13.2 Å². The van der Waals surface area contributed by atoms with Gasteiger partial charge in [-0.1, -0.05) is 11.6 Å². The number of fused-ring (bicyclic) bond motifs is 3. The van der Waals surface area contributed by atoms with Crippen molar-refractivity contribution in [2.75, 3.05) is 51.6 Å². The molecule has 2 aromatic rings. The van der Waals surface area contributed by atoms with Gasteiger partial charge in [-0.25, -0.2) is 9.59 Å². The lowest BCUT2D eigenvalue weighted by Gasteiger charge is -2.43. The van der Waals surface area contributed by atoms with Crippen LogP contribution in [0.25, 0.3) is 0 Å². The predicted molar refractivity (Wildman–Crippen MR) is 179 cm³/mol. The van der Waals surface area contributed by atoms with E-state index in [0.29, 0.717) is 63.7 Å². The third-order valence-electron chi connectivity index (χ3n) is 11.0. The number of alkyl halides is 3. The Hall–Kier alpha value is -3.27. The standard InChI is InChI=1S/C33H41ClF3N7O4S/c1-40-15-24-13-23(40)16-43(24)21-2-6-41(7-3-21)30(46)27(12-19-10-25(33(35,36)37)29(45)26(34)11-19)38-31(47)42-8-4-22(5-9-42)44-14-20-17-49-18-28(20)39-32(44)48/h10-11,17-18,21-24,27,45H,2-9,12-16H2,1H3,(H,38,47)(H,39,48)/t23?,24?,27-/m1/s1. The molecule has 49 heavy (non-hydrogen) atoms. The summed E-state index contributed by atoms with van der Waals surface area (Å²) in [6, 6.07) is 1.57. The normalized spacial score (nSPS) is 24.7. The summed E-state index contributed by atoms with van der Waals surface area (Å²) in [7, 11) is 2.16. The quantitative estimate of drug-likeness (QED) is 0.401. The Morgan fingerprint density at radius 2 is 1.71 bits per heavy atom. The molecule has 5 aliphatic heterocycles. The average Bonchev–Trinajstić information content (AvgIpc) is 3.80. The maximum Gasteiger partial charge on any atom is 0.420 e. The van der Waals surface area contributed by atoms with E-state index >= 15 is 0 Å². The molecule has 0 aliphatic carbocycles. The van der Waals surface area contributed by atoms with Gasteiger partial charge < -0.3 is 35.3 Å². The van der Waals surface area contributed by atoms with Crippen molar-refractivity contribution in [3.63, 3.8) is 0 Å². The summed E-state index contributed by atoms with van der Waals surface area (Å²) in [6.07, 6.45) is -1.27. The van der Waals surface area contributed by atoms with E-state index in [-0.39, 0.29) is 30.0 Å². The number of rotatable bonds is 6. The largest absolute Gasteiger partial charge is 0.506 e. The fraction of sp³-hybridized carbons (Fsp3) is 0.606. The number of carbonyl (C=O) groups is 3. The average molecular weight is 724 g/mol. The fourth-order valence-corrected chi connectivity index (χ4v) is 9.34. The summed E-state index contributed by atoms with van der Waals surface area (Å²) in [5.74, 6) is -1.44. The Bertz CT molecular complexity index is 1590. The smallest absolute Gasteiger partial charge is 0.420 e. The van der Waals surface area contributed by atoms with E-state index < -0.39 is 34.6 Å². The molecule has 0 saturated carbocycles. The topological polar surface area (TPSA) is 112 Å². The third kappa shape index (κ3) is 6.91. The SMILES string of the molecule is CN1CC2CC1CN2C1CCN(C(=O)[C@@H](Cc2cc(Cl)c(O)c(C(F)(F)F)c2)NC(=O)N2CCC(N3Cc4cscc4NC3=O)CC2)CC1. The molecule has 4 saturated heterocycles. The number of amides is 5. The number of thiophene rings is 1. The number of phenols is 1. The highest BCUT2D eigenvalue weighted by Crippen LogP contribution is 2.41. The molecule has 6 heterocycles. The zero-order valence-corrected chi connectivity index (χ0v) is 28.8. The van der Waals surface area contributed by atoms with Crippen LogP contribution in [0, 0.1) is 0 Å². The first-order valence-electron chi connectivity index (χ1n) is 16.9. The van der Waals surface area contributed by atoms with Crippen molar-refractivity contribution in [1.82, 2.24) is 29.8 Å². The lowest BCUT2D eigenvalue weighted by molar-refractivity contribution is -0.138. The summed E-state index contributed by atoms with van der Waals surface area (Å²) in [6.45, 7) is 4.23. The number of piperidine rings is 2. The molecular weight excluding hydrogens is 683 g/mol. The van der Waals surface area contributed by atoms with Gasteiger partial charge in [0, 0.05) is 80.8 Å². The lowest BCUT2D eigenvalue weighted by atomic mass is 9.98. The van der Waals surface area contributed by atoms with Crippen molar-refractivity contribution >= 4 is 46.6 Å². The van der Waals surface area contributed by atoms with Crippen LogP contribution in [-0.4, -0.2) is 124 Å². The van der Waals surface area contributed by atoms with Crippen LogP contribution >= 0.6 is 22.9 Å². The molecule has 5 amide bonds. The molecule has 2 unspecified atom stereocenters. The number of aromatic hydroxyl groups is 1. The molecule has 1 aromatic carbocycles. The maximum atomic E-state index is 14.0. The van der Waals surface area contributed by atoms with Gasteiger partial charge in [0.2, 0.25) is 5.91 Å². The summed E-state index contributed by atoms with van der Waals surface area (Å²) in [4.78, 5) is 50.5. The second kappa shape index (κ2) is 13.5. The number of nitrogens with one attached hydrogen (secondary N) is 2. The maximum absolute atomic E-state index is 14.0. The minimum atomic E-state index is -4.86. The molecule has 16 heteroatoms. The van der Waals surface area contributed by atoms with E-state index in [1.165, 1.54) is 17.4 Å². The Morgan fingerprint density at radius 1 is 1.02 bits per heavy atom. The van der Waals surface area contributed by atoms with Gasteiger partial charge in [0.05, 0.1) is 22.8 Å². The van der Waals surface area contributed by atoms with Crippen LogP contribution in [0.2, 0.25) is 5.02 Å². The minimum absolute atomic E-state index is 0.0676. The second-order valence-electron chi connectivity index (χ2n) is 14.0. The number of halogens is 4. The van der Waals surface area contributed by atoms with Crippen LogP contribution in [0.15, 0.2) is 22.9 Å². The van der Waals surface area contributed by atoms with E-state index in [9.17, 15) is 32.7 Å². The number of urea groups is 2. The highest BCUT2D eigenvalue weighted by Gasteiger charge is 2.45. The van der Waals surface area contributed by atoms with Crippen LogP contribution < -0.4 is 10.6 Å². The molecule has 4 fully saturated rings. The second-order valence-corrected chi connectivity index (χ2v) is 15.2. The Labute approximate surface area is 291 Å². The zero-order valence-electron chi connectivity index (χ0n) is 27.2. The van der Waals surface area contributed by atoms with Crippen molar-refractivity contribution in [1.29, 1.82) is 0 Å². The monoisotopic (exact) mass is 723 g/mol. The highest BCUT2D eigenvalue weighted by molar-refractivity contribution is 7.08. The van der Waals surface area contributed by atoms with Crippen molar-refractivity contribution in [3.8, 4) is 5.75 Å². The van der Waals surface area contributed by atoms with Crippen LogP contribution in [0.5, 0.6) is 5.75 Å². The van der Waals surface area contributed by atoms with E-state index in [0.717, 1.165) is 49.7 Å². The number of anilines is 1. The van der Waals surface area contributed by atoms with Gasteiger partial charge in [0.1, 0.15) is 11.8 Å². The molecule has 7 rings (SSSR count). The number of piperazine rings is 1. The van der Waals surface area contributed by atoms with Gasteiger partial charge in [0.15, 0.2) is 0 Å². The van der Waals surface area contributed by atoms with Crippen molar-refractivity contribution in [2.24, 2.45) is 0 Å². The summed E-state index contributed by atoms with van der Waals surface area (Å²) in [5.41, 5.74) is 0.662. The van der Waals surface area contributed by atoms with Gasteiger partial charge in [-0.3, -0.25) is 9.69 Å². The number of benzene rings is 1. The Kier molecular flexibility index (Phi) is 9.39. The number of likely N-dealkylation sites (N-methyl/N-ethyl adjacent to an activating group) is 1. The molecule has 3 N–H and O–H groups in total. The van der Waals surface area contributed by atoms with Gasteiger partial charge >= 0.3 is 18.2 Å². The van der Waals surface area contributed by atoms with Crippen LogP contribution in [0.4, 0.5) is 28.4 Å². The molecule has 3 atom stereocenters. The number of likely N-dealkylation sites (tertiary alicyclic amines) is 4. The molecular formula is C33H41ClF3N7O4S. The lowest BCUT2D eigenvalue weighted by Crippen LogP contribution is -2.58. The van der Waals surface area contributed by atoms with E-state index in [1.807, 2.05) is 10.8 Å². The Morgan fingerprint density at radius 3 is 2.37 bits per heavy atom. The summed E-state index contributed by atoms with van der Waals surface area (Å²) < 4.78 is 41.2. The van der Waals surface area contributed by atoms with Crippen LogP contribution in [0.3, 0.4) is 0 Å². The first-order valence-corrected chi connectivity index (χ1v) is 18.2. The number of nitrogens with zero attached hydrogens (tertiary/aromatic N) is 5. The number of hydrogen-bond donors (Lipinski definition) is 3. The molecule has 2 bridgehead atoms. The van der Waals surface area contributed by atoms with Crippen LogP contribution in [0.1, 0.15) is 48.8 Å². The molecule has 11 nitrogen and oxygen atoms in total. The molecule has 5 aliphatic rings. The first-order chi connectivity index (χ1) is 23.4.